The third kappa shape index (κ3) is 5.44. The first-order valence-corrected chi connectivity index (χ1v) is 10.1. The molecule has 0 spiro atoms. The second-order valence-electron chi connectivity index (χ2n) is 7.40. The third-order valence-corrected chi connectivity index (χ3v) is 5.40. The first kappa shape index (κ1) is 20.6. The summed E-state index contributed by atoms with van der Waals surface area (Å²) in [6.07, 6.45) is 4.65. The molecule has 0 saturated heterocycles. The highest BCUT2D eigenvalue weighted by Crippen LogP contribution is 2.21. The number of benzene rings is 2. The second-order valence-corrected chi connectivity index (χ2v) is 7.81. The van der Waals surface area contributed by atoms with Crippen molar-refractivity contribution in [2.45, 2.75) is 19.5 Å². The molecule has 1 aliphatic rings. The van der Waals surface area contributed by atoms with Crippen molar-refractivity contribution >= 4 is 23.6 Å². The Hall–Kier alpha value is -2.14. The van der Waals surface area contributed by atoms with Crippen LogP contribution in [0.2, 0.25) is 5.02 Å². The number of halogens is 1. The Morgan fingerprint density at radius 3 is 2.75 bits per heavy atom. The predicted molar refractivity (Wildman–Crippen MR) is 116 cm³/mol. The number of hydrogen-bond acceptors (Lipinski definition) is 3. The first-order valence-electron chi connectivity index (χ1n) is 9.71. The summed E-state index contributed by atoms with van der Waals surface area (Å²) in [5, 5.41) is 4.09. The van der Waals surface area contributed by atoms with Gasteiger partial charge in [-0.1, -0.05) is 48.0 Å². The Labute approximate surface area is 172 Å². The zero-order chi connectivity index (χ0) is 19.9. The molecule has 0 aliphatic carbocycles. The molecule has 28 heavy (non-hydrogen) atoms. The zero-order valence-electron chi connectivity index (χ0n) is 16.6. The normalized spacial score (nSPS) is 13.7. The minimum absolute atomic E-state index is 0.00769. The molecule has 3 rings (SSSR count). The lowest BCUT2D eigenvalue weighted by molar-refractivity contribution is -0.126. The van der Waals surface area contributed by atoms with E-state index in [1.54, 1.807) is 6.08 Å². The van der Waals surface area contributed by atoms with Gasteiger partial charge in [0.2, 0.25) is 5.91 Å². The summed E-state index contributed by atoms with van der Waals surface area (Å²) in [5.74, 6) is 0.00769. The molecule has 0 fully saturated rings. The molecule has 0 unspecified atom stereocenters. The molecule has 1 aliphatic heterocycles. The topological polar surface area (TPSA) is 35.6 Å². The third-order valence-electron chi connectivity index (χ3n) is 5.03. The van der Waals surface area contributed by atoms with E-state index < -0.39 is 0 Å². The molecular weight excluding hydrogens is 370 g/mol. The fourth-order valence-corrected chi connectivity index (χ4v) is 3.60. The minimum atomic E-state index is 0.00769. The van der Waals surface area contributed by atoms with E-state index in [0.29, 0.717) is 18.1 Å². The monoisotopic (exact) mass is 397 g/mol. The Morgan fingerprint density at radius 1 is 1.14 bits per heavy atom. The van der Waals surface area contributed by atoms with E-state index in [1.165, 1.54) is 11.1 Å². The number of carbonyl (C=O) groups excluding carboxylic acids is 1. The van der Waals surface area contributed by atoms with Crippen molar-refractivity contribution in [3.63, 3.8) is 0 Å². The molecule has 148 valence electrons. The quantitative estimate of drug-likeness (QED) is 0.725. The average Bonchev–Trinajstić information content (AvgIpc) is 2.70. The van der Waals surface area contributed by atoms with Crippen LogP contribution in [0.25, 0.3) is 6.08 Å². The van der Waals surface area contributed by atoms with E-state index >= 15 is 0 Å². The average molecular weight is 398 g/mol. The minimum Gasteiger partial charge on any atom is -0.333 e. The number of carbonyl (C=O) groups is 1. The van der Waals surface area contributed by atoms with Gasteiger partial charge in [-0.05, 0) is 61.5 Å². The van der Waals surface area contributed by atoms with Crippen molar-refractivity contribution in [2.75, 3.05) is 33.7 Å². The highest BCUT2D eigenvalue weighted by molar-refractivity contribution is 6.31. The summed E-state index contributed by atoms with van der Waals surface area (Å²) in [5.41, 5.74) is 4.77. The van der Waals surface area contributed by atoms with Gasteiger partial charge in [0, 0.05) is 37.3 Å². The maximum Gasteiger partial charge on any atom is 0.246 e. The molecule has 1 N–H and O–H groups in total. The van der Waals surface area contributed by atoms with Crippen molar-refractivity contribution in [3.8, 4) is 0 Å². The zero-order valence-corrected chi connectivity index (χ0v) is 17.4. The van der Waals surface area contributed by atoms with Gasteiger partial charge >= 0.3 is 0 Å². The lowest BCUT2D eigenvalue weighted by atomic mass is 9.95. The SMILES string of the molecule is CN(C)CCN(Cc1ccccc1Cl)C(=O)/C=C/c1cccc2c1CCNC2. The van der Waals surface area contributed by atoms with Gasteiger partial charge in [0.25, 0.3) is 0 Å². The van der Waals surface area contributed by atoms with E-state index in [4.69, 9.17) is 11.6 Å². The van der Waals surface area contributed by atoms with Crippen LogP contribution in [0.15, 0.2) is 48.5 Å². The molecule has 4 nitrogen and oxygen atoms in total. The maximum atomic E-state index is 13.0. The summed E-state index contributed by atoms with van der Waals surface area (Å²) in [4.78, 5) is 16.9. The second kappa shape index (κ2) is 9.87. The molecule has 0 saturated carbocycles. The van der Waals surface area contributed by atoms with Gasteiger partial charge in [0.05, 0.1) is 0 Å². The van der Waals surface area contributed by atoms with Crippen molar-refractivity contribution in [1.82, 2.24) is 15.1 Å². The molecule has 2 aromatic carbocycles. The number of hydrogen-bond donors (Lipinski definition) is 1. The molecule has 0 aromatic heterocycles. The van der Waals surface area contributed by atoms with E-state index in [2.05, 4.69) is 28.4 Å². The van der Waals surface area contributed by atoms with Gasteiger partial charge in [0.15, 0.2) is 0 Å². The maximum absolute atomic E-state index is 13.0. The van der Waals surface area contributed by atoms with Gasteiger partial charge in [-0.15, -0.1) is 0 Å². The van der Waals surface area contributed by atoms with Crippen LogP contribution < -0.4 is 5.32 Å². The van der Waals surface area contributed by atoms with Gasteiger partial charge < -0.3 is 15.1 Å². The van der Waals surface area contributed by atoms with Crippen LogP contribution in [0.4, 0.5) is 0 Å². The van der Waals surface area contributed by atoms with E-state index in [-0.39, 0.29) is 5.91 Å². The number of fused-ring (bicyclic) bond motifs is 1. The summed E-state index contributed by atoms with van der Waals surface area (Å²) >= 11 is 6.32. The number of likely N-dealkylation sites (N-methyl/N-ethyl adjacent to an activating group) is 1. The predicted octanol–water partition coefficient (Wildman–Crippen LogP) is 3.59. The number of nitrogens with zero attached hydrogens (tertiary/aromatic N) is 2. The van der Waals surface area contributed by atoms with Crippen LogP contribution >= 0.6 is 11.6 Å². The van der Waals surface area contributed by atoms with E-state index in [9.17, 15) is 4.79 Å². The lowest BCUT2D eigenvalue weighted by Gasteiger charge is -2.24. The summed E-state index contributed by atoms with van der Waals surface area (Å²) in [7, 11) is 4.02. The summed E-state index contributed by atoms with van der Waals surface area (Å²) in [6.45, 7) is 3.84. The van der Waals surface area contributed by atoms with Gasteiger partial charge in [-0.2, -0.15) is 0 Å². The number of amides is 1. The molecule has 1 amide bonds. The van der Waals surface area contributed by atoms with Gasteiger partial charge in [-0.25, -0.2) is 0 Å². The van der Waals surface area contributed by atoms with Crippen molar-refractivity contribution in [2.24, 2.45) is 0 Å². The fraction of sp³-hybridized carbons (Fsp3) is 0.348. The highest BCUT2D eigenvalue weighted by atomic mass is 35.5. The van der Waals surface area contributed by atoms with Crippen LogP contribution in [-0.4, -0.2) is 49.4 Å². The Bertz CT molecular complexity index is 847. The molecule has 0 bridgehead atoms. The van der Waals surface area contributed by atoms with E-state index in [0.717, 1.165) is 37.2 Å². The largest absolute Gasteiger partial charge is 0.333 e. The van der Waals surface area contributed by atoms with Crippen LogP contribution in [-0.2, 0) is 24.3 Å². The Kier molecular flexibility index (Phi) is 7.26. The molecule has 0 radical (unpaired) electrons. The van der Waals surface area contributed by atoms with Gasteiger partial charge in [-0.3, -0.25) is 4.79 Å². The number of rotatable bonds is 7. The van der Waals surface area contributed by atoms with Crippen LogP contribution in [0.1, 0.15) is 22.3 Å². The van der Waals surface area contributed by atoms with E-state index in [1.807, 2.05) is 49.3 Å². The first-order chi connectivity index (χ1) is 13.5. The van der Waals surface area contributed by atoms with Crippen molar-refractivity contribution in [3.05, 3.63) is 75.8 Å². The fourth-order valence-electron chi connectivity index (χ4n) is 3.40. The molecule has 5 heteroatoms. The van der Waals surface area contributed by atoms with Gasteiger partial charge in [0.1, 0.15) is 0 Å². The number of nitrogens with one attached hydrogen (secondary N) is 1. The standard InChI is InChI=1S/C23H28ClN3O/c1-26(2)14-15-27(17-20-6-3-4-9-22(20)24)23(28)11-10-18-7-5-8-19-16-25-13-12-21(18)19/h3-11,25H,12-17H2,1-2H3/b11-10+. The molecule has 1 heterocycles. The van der Waals surface area contributed by atoms with Crippen LogP contribution in [0.5, 0.6) is 0 Å². The smallest absolute Gasteiger partial charge is 0.246 e. The molecule has 0 atom stereocenters. The summed E-state index contributed by atoms with van der Waals surface area (Å²) in [6, 6.07) is 14.0. The Morgan fingerprint density at radius 2 is 1.96 bits per heavy atom. The van der Waals surface area contributed by atoms with Crippen molar-refractivity contribution < 1.29 is 4.79 Å². The Balaban J connectivity index is 1.77. The highest BCUT2D eigenvalue weighted by Gasteiger charge is 2.15. The molecular formula is C23H28ClN3O. The summed E-state index contributed by atoms with van der Waals surface area (Å²) < 4.78 is 0. The van der Waals surface area contributed by atoms with Crippen molar-refractivity contribution in [1.29, 1.82) is 0 Å². The lowest BCUT2D eigenvalue weighted by Crippen LogP contribution is -2.35. The molecule has 2 aromatic rings. The van der Waals surface area contributed by atoms with Crippen LogP contribution in [0, 0.1) is 0 Å². The van der Waals surface area contributed by atoms with Crippen LogP contribution in [0.3, 0.4) is 0 Å².